The van der Waals surface area contributed by atoms with Gasteiger partial charge >= 0.3 is 0 Å². The van der Waals surface area contributed by atoms with Crippen LogP contribution in [0.3, 0.4) is 0 Å². The molecule has 0 radical (unpaired) electrons. The summed E-state index contributed by atoms with van der Waals surface area (Å²) in [5, 5.41) is 0.990. The molecule has 2 heteroatoms. The Hall–Kier alpha value is 1.08. The van der Waals surface area contributed by atoms with Crippen LogP contribution in [0.4, 0.5) is 0 Å². The van der Waals surface area contributed by atoms with E-state index in [0.29, 0.717) is 0 Å². The Labute approximate surface area is 67.4 Å². The summed E-state index contributed by atoms with van der Waals surface area (Å²) in [6.07, 6.45) is 7.36. The zero-order valence-electron chi connectivity index (χ0n) is 4.90. The van der Waals surface area contributed by atoms with E-state index in [2.05, 4.69) is 21.2 Å². The summed E-state index contributed by atoms with van der Waals surface area (Å²) < 4.78 is 0. The van der Waals surface area contributed by atoms with Crippen molar-refractivity contribution in [1.29, 1.82) is 0 Å². The highest BCUT2D eigenvalue weighted by molar-refractivity contribution is 14.2. The van der Waals surface area contributed by atoms with Crippen LogP contribution in [0.1, 0.15) is 32.1 Å². The lowest BCUT2D eigenvalue weighted by atomic mass is 10.0. The molecule has 0 heterocycles. The van der Waals surface area contributed by atoms with Crippen molar-refractivity contribution in [2.75, 3.05) is 0 Å². The molecule has 8 heavy (non-hydrogen) atoms. The fraction of sp³-hybridized carbons (Fsp3) is 1.00. The summed E-state index contributed by atoms with van der Waals surface area (Å²) in [7, 11) is 2.02. The molecule has 0 aromatic carbocycles. The topological polar surface area (TPSA) is 0 Å². The largest absolute Gasteiger partial charge is 0.0860 e. The van der Waals surface area contributed by atoms with Gasteiger partial charge in [-0.15, -0.1) is 0 Å². The average molecular weight is 242 g/mol. The molecule has 0 unspecified atom stereocenters. The van der Waals surface area contributed by atoms with Gasteiger partial charge in [-0.3, -0.25) is 0 Å². The van der Waals surface area contributed by atoms with Crippen LogP contribution in [0, 0.1) is 0 Å². The van der Waals surface area contributed by atoms with Crippen LogP contribution in [-0.4, -0.2) is 5.25 Å². The summed E-state index contributed by atoms with van der Waals surface area (Å²) in [6.45, 7) is 0. The molecule has 0 N–H and O–H groups in total. The van der Waals surface area contributed by atoms with E-state index in [1.807, 2.05) is 8.93 Å². The van der Waals surface area contributed by atoms with Gasteiger partial charge in [-0.25, -0.2) is 0 Å². The fourth-order valence-corrected chi connectivity index (χ4v) is 3.19. The number of hydrogen-bond donors (Lipinski definition) is 0. The standard InChI is InChI=1S/C6H11IS/c7-8-6-4-2-1-3-5-6/h6H,1-5H2. The van der Waals surface area contributed by atoms with Crippen molar-refractivity contribution in [3.63, 3.8) is 0 Å². The molecule has 0 amide bonds. The SMILES string of the molecule is ISC1CCCCC1. The van der Waals surface area contributed by atoms with E-state index in [9.17, 15) is 0 Å². The second-order valence-corrected chi connectivity index (χ2v) is 4.72. The van der Waals surface area contributed by atoms with E-state index in [-0.39, 0.29) is 0 Å². The molecule has 0 aromatic heterocycles. The van der Waals surface area contributed by atoms with Crippen LogP contribution in [0.2, 0.25) is 0 Å². The minimum absolute atomic E-state index is 0.990. The molecule has 1 fully saturated rings. The van der Waals surface area contributed by atoms with E-state index in [1.165, 1.54) is 32.1 Å². The van der Waals surface area contributed by atoms with Crippen LogP contribution in [0.15, 0.2) is 0 Å². The minimum Gasteiger partial charge on any atom is -0.0860 e. The third-order valence-corrected chi connectivity index (χ3v) is 4.56. The van der Waals surface area contributed by atoms with E-state index in [0.717, 1.165) is 5.25 Å². The molecular weight excluding hydrogens is 231 g/mol. The second kappa shape index (κ2) is 3.99. The molecule has 0 spiro atoms. The first-order valence-electron chi connectivity index (χ1n) is 3.21. The van der Waals surface area contributed by atoms with Crippen LogP contribution in [-0.2, 0) is 0 Å². The molecule has 0 aromatic rings. The molecule has 0 saturated heterocycles. The Morgan fingerprint density at radius 1 is 1.12 bits per heavy atom. The summed E-state index contributed by atoms with van der Waals surface area (Å²) in [4.78, 5) is 0. The van der Waals surface area contributed by atoms with Crippen molar-refractivity contribution in [2.45, 2.75) is 37.4 Å². The molecule has 0 atom stereocenters. The third kappa shape index (κ3) is 2.13. The first-order chi connectivity index (χ1) is 3.93. The maximum Gasteiger partial charge on any atom is 0.0148 e. The van der Waals surface area contributed by atoms with Crippen molar-refractivity contribution >= 4 is 30.1 Å². The van der Waals surface area contributed by atoms with Gasteiger partial charge < -0.3 is 0 Å². The van der Waals surface area contributed by atoms with Crippen molar-refractivity contribution in [3.8, 4) is 0 Å². The van der Waals surface area contributed by atoms with Crippen molar-refractivity contribution < 1.29 is 0 Å². The van der Waals surface area contributed by atoms with Crippen molar-refractivity contribution in [3.05, 3.63) is 0 Å². The first kappa shape index (κ1) is 7.19. The van der Waals surface area contributed by atoms with Gasteiger partial charge in [-0.1, -0.05) is 28.2 Å². The van der Waals surface area contributed by atoms with Gasteiger partial charge in [-0.2, -0.15) is 0 Å². The average Bonchev–Trinajstić information content (AvgIpc) is 1.90. The Balaban J connectivity index is 2.13. The van der Waals surface area contributed by atoms with Gasteiger partial charge in [0.15, 0.2) is 0 Å². The smallest absolute Gasteiger partial charge is 0.0148 e. The minimum atomic E-state index is 0.990. The number of halogens is 1. The molecule has 0 aliphatic heterocycles. The van der Waals surface area contributed by atoms with Crippen LogP contribution >= 0.6 is 30.1 Å². The normalized spacial score (nSPS) is 23.6. The zero-order chi connectivity index (χ0) is 5.82. The van der Waals surface area contributed by atoms with Crippen LogP contribution in [0.5, 0.6) is 0 Å². The zero-order valence-corrected chi connectivity index (χ0v) is 7.87. The van der Waals surface area contributed by atoms with Gasteiger partial charge in [-0.05, 0) is 34.0 Å². The third-order valence-electron chi connectivity index (χ3n) is 1.68. The molecule has 1 aliphatic rings. The second-order valence-electron chi connectivity index (χ2n) is 2.35. The molecular formula is C6H11IS. The van der Waals surface area contributed by atoms with Gasteiger partial charge in [0.25, 0.3) is 0 Å². The first-order valence-corrected chi connectivity index (χ1v) is 6.63. The maximum absolute atomic E-state index is 2.42. The van der Waals surface area contributed by atoms with Gasteiger partial charge in [0.05, 0.1) is 0 Å². The van der Waals surface area contributed by atoms with Crippen molar-refractivity contribution in [1.82, 2.24) is 0 Å². The Morgan fingerprint density at radius 3 is 2.12 bits per heavy atom. The Kier molecular flexibility index (Phi) is 3.58. The monoisotopic (exact) mass is 242 g/mol. The summed E-state index contributed by atoms with van der Waals surface area (Å²) >= 11 is 2.42. The lowest BCUT2D eigenvalue weighted by molar-refractivity contribution is 0.518. The van der Waals surface area contributed by atoms with E-state index in [4.69, 9.17) is 0 Å². The Bertz CT molecular complexity index is 59.5. The lowest BCUT2D eigenvalue weighted by Crippen LogP contribution is -2.05. The maximum atomic E-state index is 2.42. The molecule has 0 bridgehead atoms. The van der Waals surface area contributed by atoms with E-state index in [1.54, 1.807) is 0 Å². The predicted molar refractivity (Wildman–Crippen MR) is 48.5 cm³/mol. The van der Waals surface area contributed by atoms with Crippen molar-refractivity contribution in [2.24, 2.45) is 0 Å². The number of hydrogen-bond acceptors (Lipinski definition) is 1. The van der Waals surface area contributed by atoms with Gasteiger partial charge in [0.1, 0.15) is 0 Å². The predicted octanol–water partition coefficient (Wildman–Crippen LogP) is 3.40. The fourth-order valence-electron chi connectivity index (χ4n) is 1.15. The quantitative estimate of drug-likeness (QED) is 0.635. The summed E-state index contributed by atoms with van der Waals surface area (Å²) in [5.41, 5.74) is 0. The summed E-state index contributed by atoms with van der Waals surface area (Å²) in [6, 6.07) is 0. The summed E-state index contributed by atoms with van der Waals surface area (Å²) in [5.74, 6) is 0. The van der Waals surface area contributed by atoms with Gasteiger partial charge in [0, 0.05) is 5.25 Å². The lowest BCUT2D eigenvalue weighted by Gasteiger charge is -2.17. The molecule has 1 aliphatic carbocycles. The van der Waals surface area contributed by atoms with Crippen LogP contribution < -0.4 is 0 Å². The number of rotatable bonds is 1. The molecule has 1 rings (SSSR count). The highest BCUT2D eigenvalue weighted by Crippen LogP contribution is 2.31. The molecule has 48 valence electrons. The molecule has 0 nitrogen and oxygen atoms in total. The van der Waals surface area contributed by atoms with E-state index < -0.39 is 0 Å². The molecule has 1 saturated carbocycles. The van der Waals surface area contributed by atoms with Crippen LogP contribution in [0.25, 0.3) is 0 Å². The highest BCUT2D eigenvalue weighted by Gasteiger charge is 2.11. The Morgan fingerprint density at radius 2 is 1.75 bits per heavy atom. The van der Waals surface area contributed by atoms with Gasteiger partial charge in [0.2, 0.25) is 0 Å². The van der Waals surface area contributed by atoms with E-state index >= 15 is 0 Å². The highest BCUT2D eigenvalue weighted by atomic mass is 127.